The molecule has 16 heavy (non-hydrogen) atoms. The fourth-order valence-corrected chi connectivity index (χ4v) is 1.36. The topological polar surface area (TPSA) is 35.5 Å². The van der Waals surface area contributed by atoms with Gasteiger partial charge >= 0.3 is 0 Å². The second kappa shape index (κ2) is 7.01. The summed E-state index contributed by atoms with van der Waals surface area (Å²) in [6.45, 7) is 5.62. The van der Waals surface area contributed by atoms with E-state index in [-0.39, 0.29) is 5.78 Å². The standard InChI is InChI=1S/C13H18O3/c1-3-15-10-9-13(14)11-5-7-12(8-6-11)16-4-2/h5-8H,3-4,9-10H2,1-2H3. The van der Waals surface area contributed by atoms with Crippen molar-refractivity contribution >= 4 is 5.78 Å². The highest BCUT2D eigenvalue weighted by atomic mass is 16.5. The molecule has 1 aromatic carbocycles. The van der Waals surface area contributed by atoms with Gasteiger partial charge in [-0.1, -0.05) is 0 Å². The zero-order valence-corrected chi connectivity index (χ0v) is 9.86. The van der Waals surface area contributed by atoms with E-state index in [0.717, 1.165) is 5.75 Å². The van der Waals surface area contributed by atoms with Crippen LogP contribution in [0.25, 0.3) is 0 Å². The van der Waals surface area contributed by atoms with Crippen LogP contribution in [0.2, 0.25) is 0 Å². The minimum Gasteiger partial charge on any atom is -0.494 e. The summed E-state index contributed by atoms with van der Waals surface area (Å²) in [5.74, 6) is 0.903. The lowest BCUT2D eigenvalue weighted by Gasteiger charge is -2.04. The van der Waals surface area contributed by atoms with Crippen LogP contribution in [-0.4, -0.2) is 25.6 Å². The average Bonchev–Trinajstić information content (AvgIpc) is 2.30. The Hall–Kier alpha value is -1.35. The van der Waals surface area contributed by atoms with Gasteiger partial charge in [0.25, 0.3) is 0 Å². The number of hydrogen-bond acceptors (Lipinski definition) is 3. The van der Waals surface area contributed by atoms with Gasteiger partial charge in [0.1, 0.15) is 5.75 Å². The second-order valence-corrected chi connectivity index (χ2v) is 3.33. The first kappa shape index (κ1) is 12.7. The summed E-state index contributed by atoms with van der Waals surface area (Å²) in [6.07, 6.45) is 0.432. The molecule has 3 nitrogen and oxygen atoms in total. The molecule has 3 heteroatoms. The first-order chi connectivity index (χ1) is 7.77. The lowest BCUT2D eigenvalue weighted by molar-refractivity contribution is 0.0896. The highest BCUT2D eigenvalue weighted by Gasteiger charge is 2.05. The molecule has 88 valence electrons. The zero-order valence-electron chi connectivity index (χ0n) is 9.86. The maximum atomic E-state index is 11.7. The van der Waals surface area contributed by atoms with Gasteiger partial charge in [0.05, 0.1) is 13.2 Å². The summed E-state index contributed by atoms with van der Waals surface area (Å²) >= 11 is 0. The molecule has 0 bridgehead atoms. The molecule has 0 N–H and O–H groups in total. The van der Waals surface area contributed by atoms with E-state index in [1.165, 1.54) is 0 Å². The molecular weight excluding hydrogens is 204 g/mol. The summed E-state index contributed by atoms with van der Waals surface area (Å²) in [5.41, 5.74) is 0.711. The molecule has 0 amide bonds. The number of ether oxygens (including phenoxy) is 2. The van der Waals surface area contributed by atoms with Crippen LogP contribution in [0.3, 0.4) is 0 Å². The molecule has 0 aliphatic rings. The summed E-state index contributed by atoms with van der Waals surface area (Å²) in [6, 6.07) is 7.22. The van der Waals surface area contributed by atoms with E-state index in [1.807, 2.05) is 26.0 Å². The van der Waals surface area contributed by atoms with Gasteiger partial charge in [-0.05, 0) is 38.1 Å². The second-order valence-electron chi connectivity index (χ2n) is 3.33. The van der Waals surface area contributed by atoms with E-state index in [1.54, 1.807) is 12.1 Å². The van der Waals surface area contributed by atoms with Crippen molar-refractivity contribution in [3.05, 3.63) is 29.8 Å². The fraction of sp³-hybridized carbons (Fsp3) is 0.462. The maximum Gasteiger partial charge on any atom is 0.165 e. The number of carbonyl (C=O) groups excluding carboxylic acids is 1. The molecule has 0 aliphatic carbocycles. The largest absolute Gasteiger partial charge is 0.494 e. The average molecular weight is 222 g/mol. The van der Waals surface area contributed by atoms with E-state index in [4.69, 9.17) is 9.47 Å². The Morgan fingerprint density at radius 2 is 1.81 bits per heavy atom. The molecule has 0 radical (unpaired) electrons. The summed E-state index contributed by atoms with van der Waals surface area (Å²) in [7, 11) is 0. The molecule has 0 aliphatic heterocycles. The van der Waals surface area contributed by atoms with Crippen LogP contribution in [-0.2, 0) is 4.74 Å². The molecule has 1 aromatic rings. The minimum absolute atomic E-state index is 0.108. The molecule has 0 atom stereocenters. The maximum absolute atomic E-state index is 11.7. The third-order valence-electron chi connectivity index (χ3n) is 2.16. The third-order valence-corrected chi connectivity index (χ3v) is 2.16. The number of rotatable bonds is 7. The Morgan fingerprint density at radius 3 is 2.38 bits per heavy atom. The normalized spacial score (nSPS) is 10.1. The number of Topliss-reactive ketones (excluding diaryl/α,β-unsaturated/α-hetero) is 1. The number of hydrogen-bond donors (Lipinski definition) is 0. The minimum atomic E-state index is 0.108. The van der Waals surface area contributed by atoms with Gasteiger partial charge in [0.15, 0.2) is 5.78 Å². The molecule has 0 unspecified atom stereocenters. The van der Waals surface area contributed by atoms with Crippen LogP contribution < -0.4 is 4.74 Å². The fourth-order valence-electron chi connectivity index (χ4n) is 1.36. The SMILES string of the molecule is CCOCCC(=O)c1ccc(OCC)cc1. The summed E-state index contributed by atoms with van der Waals surface area (Å²) in [4.78, 5) is 11.7. The van der Waals surface area contributed by atoms with Crippen LogP contribution in [0.5, 0.6) is 5.75 Å². The van der Waals surface area contributed by atoms with E-state index in [2.05, 4.69) is 0 Å². The molecular formula is C13H18O3. The van der Waals surface area contributed by atoms with Gasteiger partial charge in [-0.15, -0.1) is 0 Å². The molecule has 0 aromatic heterocycles. The Bertz CT molecular complexity index is 316. The number of ketones is 1. The van der Waals surface area contributed by atoms with Crippen LogP contribution in [0.15, 0.2) is 24.3 Å². The van der Waals surface area contributed by atoms with Gasteiger partial charge in [-0.3, -0.25) is 4.79 Å². The Labute approximate surface area is 96.4 Å². The van der Waals surface area contributed by atoms with Crippen LogP contribution >= 0.6 is 0 Å². The van der Waals surface area contributed by atoms with Crippen molar-refractivity contribution in [2.75, 3.05) is 19.8 Å². The van der Waals surface area contributed by atoms with Gasteiger partial charge in [0.2, 0.25) is 0 Å². The highest BCUT2D eigenvalue weighted by molar-refractivity contribution is 5.96. The lowest BCUT2D eigenvalue weighted by atomic mass is 10.1. The van der Waals surface area contributed by atoms with Crippen molar-refractivity contribution in [1.82, 2.24) is 0 Å². The molecule has 0 heterocycles. The molecule has 0 saturated carbocycles. The zero-order chi connectivity index (χ0) is 11.8. The van der Waals surface area contributed by atoms with Crippen molar-refractivity contribution < 1.29 is 14.3 Å². The highest BCUT2D eigenvalue weighted by Crippen LogP contribution is 2.13. The van der Waals surface area contributed by atoms with E-state index < -0.39 is 0 Å². The molecule has 0 fully saturated rings. The van der Waals surface area contributed by atoms with Gasteiger partial charge < -0.3 is 9.47 Å². The van der Waals surface area contributed by atoms with Gasteiger partial charge in [0, 0.05) is 18.6 Å². The van der Waals surface area contributed by atoms with E-state index in [0.29, 0.717) is 31.8 Å². The van der Waals surface area contributed by atoms with Crippen LogP contribution in [0.1, 0.15) is 30.6 Å². The smallest absolute Gasteiger partial charge is 0.165 e. The van der Waals surface area contributed by atoms with Crippen molar-refractivity contribution in [1.29, 1.82) is 0 Å². The third kappa shape index (κ3) is 4.03. The van der Waals surface area contributed by atoms with Gasteiger partial charge in [-0.25, -0.2) is 0 Å². The Morgan fingerprint density at radius 1 is 1.12 bits per heavy atom. The molecule has 0 spiro atoms. The summed E-state index contributed by atoms with van der Waals surface area (Å²) in [5, 5.41) is 0. The van der Waals surface area contributed by atoms with Crippen molar-refractivity contribution in [3.63, 3.8) is 0 Å². The molecule has 1 rings (SSSR count). The van der Waals surface area contributed by atoms with E-state index >= 15 is 0 Å². The lowest BCUT2D eigenvalue weighted by Crippen LogP contribution is -2.04. The van der Waals surface area contributed by atoms with Gasteiger partial charge in [-0.2, -0.15) is 0 Å². The first-order valence-electron chi connectivity index (χ1n) is 5.61. The van der Waals surface area contributed by atoms with Crippen molar-refractivity contribution in [2.45, 2.75) is 20.3 Å². The van der Waals surface area contributed by atoms with Crippen molar-refractivity contribution in [3.8, 4) is 5.75 Å². The Balaban J connectivity index is 2.49. The van der Waals surface area contributed by atoms with E-state index in [9.17, 15) is 4.79 Å². The van der Waals surface area contributed by atoms with Crippen LogP contribution in [0, 0.1) is 0 Å². The number of carbonyl (C=O) groups is 1. The quantitative estimate of drug-likeness (QED) is 0.525. The summed E-state index contributed by atoms with van der Waals surface area (Å²) < 4.78 is 10.4. The monoisotopic (exact) mass is 222 g/mol. The first-order valence-corrected chi connectivity index (χ1v) is 5.61. The molecule has 0 saturated heterocycles. The predicted molar refractivity (Wildman–Crippen MR) is 63.1 cm³/mol. The number of benzene rings is 1. The van der Waals surface area contributed by atoms with Crippen LogP contribution in [0.4, 0.5) is 0 Å². The van der Waals surface area contributed by atoms with Crippen molar-refractivity contribution in [2.24, 2.45) is 0 Å². The predicted octanol–water partition coefficient (Wildman–Crippen LogP) is 2.69. The Kier molecular flexibility index (Phi) is 5.57.